The van der Waals surface area contributed by atoms with Gasteiger partial charge in [0.05, 0.1) is 25.0 Å². The Kier molecular flexibility index (Phi) is 19.0. The lowest BCUT2D eigenvalue weighted by atomic mass is 10.1. The molecule has 0 aliphatic carbocycles. The molecule has 1 rings (SSSR count). The van der Waals surface area contributed by atoms with Gasteiger partial charge < -0.3 is 69.1 Å². The number of primary amides is 2. The minimum atomic E-state index is -2.01. The monoisotopic (exact) mass is 773 g/mol. The molecule has 0 aromatic rings. The molecule has 1 heterocycles. The second-order valence-corrected chi connectivity index (χ2v) is 12.4. The Balaban J connectivity index is 3.11. The summed E-state index contributed by atoms with van der Waals surface area (Å²) in [6.45, 7) is 2.71. The number of carbonyl (C=O) groups excluding carboxylic acids is 8. The minimum absolute atomic E-state index is 0.247. The zero-order valence-corrected chi connectivity index (χ0v) is 29.4. The molecule has 0 saturated carbocycles. The van der Waals surface area contributed by atoms with E-state index in [4.69, 9.17) is 16.6 Å². The zero-order chi connectivity index (χ0) is 41.3. The van der Waals surface area contributed by atoms with Crippen molar-refractivity contribution in [2.75, 3.05) is 6.54 Å². The lowest BCUT2D eigenvalue weighted by Crippen LogP contribution is -2.61. The van der Waals surface area contributed by atoms with Crippen LogP contribution in [0.4, 0.5) is 0 Å². The average molecular weight is 774 g/mol. The number of amides is 8. The second-order valence-electron chi connectivity index (χ2n) is 12.4. The Bertz CT molecular complexity index is 1450. The highest BCUT2D eigenvalue weighted by molar-refractivity contribution is 5.98. The SMILES string of the molecule is C[C@H](NC(=O)[C@H](CCC(N)=O)NC(=O)[C@H](CCC(N)=O)NC(=O)[C@@H]1CCCN1)C(=O)N[C@H](C(=O)N[C@@H](CC(=O)O)C(=O)N[C@@H](CC(=O)O)C(=O)O)[C@@H](C)O. The molecule has 1 aliphatic heterocycles. The van der Waals surface area contributed by atoms with Gasteiger partial charge in [-0.05, 0) is 46.1 Å². The highest BCUT2D eigenvalue weighted by Gasteiger charge is 2.35. The summed E-state index contributed by atoms with van der Waals surface area (Å²) in [5, 5.41) is 53.4. The van der Waals surface area contributed by atoms with Gasteiger partial charge in [-0.3, -0.25) is 47.9 Å². The first-order valence-electron chi connectivity index (χ1n) is 16.6. The van der Waals surface area contributed by atoms with E-state index in [0.717, 1.165) is 13.8 Å². The molecule has 0 aromatic carbocycles. The van der Waals surface area contributed by atoms with E-state index in [0.29, 0.717) is 19.4 Å². The molecule has 24 heteroatoms. The van der Waals surface area contributed by atoms with E-state index in [-0.39, 0.29) is 19.3 Å². The van der Waals surface area contributed by atoms with Crippen molar-refractivity contribution in [1.82, 2.24) is 37.2 Å². The summed E-state index contributed by atoms with van der Waals surface area (Å²) in [4.78, 5) is 135. The van der Waals surface area contributed by atoms with Crippen molar-refractivity contribution in [2.45, 2.75) is 114 Å². The standard InChI is InChI=1S/C30H47N9O15/c1-12(24(47)39-23(13(2)40)29(52)37-17(10-21(43)44)28(51)38-18(30(53)54)11-22(45)46)34-26(49)15(5-7-19(31)41)36-27(50)16(6-8-20(32)42)35-25(48)14-4-3-9-33-14/h12-18,23,33,40H,3-11H2,1-2H3,(H2,31,41)(H2,32,42)(H,34,49)(H,35,48)(H,36,50)(H,37,52)(H,38,51)(H,39,47)(H,43,44)(H,45,46)(H,53,54)/t12-,13+,14-,15-,16-,17-,18-,23-/m0/s1. The van der Waals surface area contributed by atoms with Gasteiger partial charge in [0.1, 0.15) is 36.3 Å². The largest absolute Gasteiger partial charge is 0.481 e. The number of nitrogens with one attached hydrogen (secondary N) is 7. The maximum absolute atomic E-state index is 13.3. The quantitative estimate of drug-likeness (QED) is 0.0434. The number of hydrogen-bond acceptors (Lipinski definition) is 13. The van der Waals surface area contributed by atoms with Crippen LogP contribution in [0.5, 0.6) is 0 Å². The number of aliphatic hydroxyl groups excluding tert-OH is 1. The smallest absolute Gasteiger partial charge is 0.326 e. The normalized spacial score (nSPS) is 17.4. The van der Waals surface area contributed by atoms with Gasteiger partial charge >= 0.3 is 17.9 Å². The predicted molar refractivity (Wildman–Crippen MR) is 179 cm³/mol. The zero-order valence-electron chi connectivity index (χ0n) is 29.4. The molecule has 1 saturated heterocycles. The number of aliphatic carboxylic acids is 3. The third-order valence-corrected chi connectivity index (χ3v) is 7.82. The Labute approximate surface area is 307 Å². The van der Waals surface area contributed by atoms with Gasteiger partial charge in [0.2, 0.25) is 47.3 Å². The van der Waals surface area contributed by atoms with Crippen LogP contribution in [0.1, 0.15) is 65.2 Å². The molecular formula is C30H47N9O15. The van der Waals surface area contributed by atoms with E-state index in [1.807, 2.05) is 5.32 Å². The first kappa shape index (κ1) is 46.1. The molecule has 302 valence electrons. The van der Waals surface area contributed by atoms with Crippen LogP contribution in [-0.2, 0) is 52.7 Å². The van der Waals surface area contributed by atoms with E-state index < -0.39 is 133 Å². The van der Waals surface area contributed by atoms with Crippen LogP contribution >= 0.6 is 0 Å². The Morgan fingerprint density at radius 1 is 0.630 bits per heavy atom. The number of nitrogens with two attached hydrogens (primary N) is 2. The molecule has 0 radical (unpaired) electrons. The molecule has 0 unspecified atom stereocenters. The molecular weight excluding hydrogens is 726 g/mol. The molecule has 1 fully saturated rings. The van der Waals surface area contributed by atoms with E-state index >= 15 is 0 Å². The summed E-state index contributed by atoms with van der Waals surface area (Å²) in [5.41, 5.74) is 10.4. The van der Waals surface area contributed by atoms with Crippen molar-refractivity contribution < 1.29 is 73.2 Å². The number of carboxylic acid groups (broad SMARTS) is 3. The predicted octanol–water partition coefficient (Wildman–Crippen LogP) is -6.39. The van der Waals surface area contributed by atoms with Crippen LogP contribution < -0.4 is 48.7 Å². The van der Waals surface area contributed by atoms with Crippen molar-refractivity contribution in [3.8, 4) is 0 Å². The molecule has 8 atom stereocenters. The van der Waals surface area contributed by atoms with Gasteiger partial charge in [0.15, 0.2) is 0 Å². The number of carboxylic acids is 3. The number of hydrogen-bond donors (Lipinski definition) is 13. The average Bonchev–Trinajstić information content (AvgIpc) is 3.61. The number of aliphatic hydroxyl groups is 1. The highest BCUT2D eigenvalue weighted by atomic mass is 16.4. The van der Waals surface area contributed by atoms with Gasteiger partial charge in [-0.15, -0.1) is 0 Å². The van der Waals surface area contributed by atoms with Crippen LogP contribution in [0.15, 0.2) is 0 Å². The maximum atomic E-state index is 13.3. The molecule has 8 amide bonds. The van der Waals surface area contributed by atoms with Crippen molar-refractivity contribution in [2.24, 2.45) is 11.5 Å². The second kappa shape index (κ2) is 22.2. The van der Waals surface area contributed by atoms with Crippen LogP contribution in [0, 0.1) is 0 Å². The molecule has 1 aliphatic rings. The lowest BCUT2D eigenvalue weighted by Gasteiger charge is -2.27. The molecule has 54 heavy (non-hydrogen) atoms. The molecule has 0 bridgehead atoms. The summed E-state index contributed by atoms with van der Waals surface area (Å²) < 4.78 is 0. The number of rotatable bonds is 24. The van der Waals surface area contributed by atoms with Crippen molar-refractivity contribution in [1.29, 1.82) is 0 Å². The number of carbonyl (C=O) groups is 11. The fourth-order valence-electron chi connectivity index (χ4n) is 4.92. The Morgan fingerprint density at radius 3 is 1.56 bits per heavy atom. The molecule has 24 nitrogen and oxygen atoms in total. The van der Waals surface area contributed by atoms with E-state index in [1.165, 1.54) is 0 Å². The first-order valence-corrected chi connectivity index (χ1v) is 16.6. The fraction of sp³-hybridized carbons (Fsp3) is 0.633. The summed E-state index contributed by atoms with van der Waals surface area (Å²) in [7, 11) is 0. The van der Waals surface area contributed by atoms with Crippen molar-refractivity contribution >= 4 is 65.2 Å². The van der Waals surface area contributed by atoms with Crippen molar-refractivity contribution in [3.63, 3.8) is 0 Å². The van der Waals surface area contributed by atoms with Crippen LogP contribution in [-0.4, -0.2) is 141 Å². The molecule has 15 N–H and O–H groups in total. The van der Waals surface area contributed by atoms with Gasteiger partial charge in [-0.25, -0.2) is 4.79 Å². The van der Waals surface area contributed by atoms with Gasteiger partial charge in [0, 0.05) is 12.8 Å². The summed E-state index contributed by atoms with van der Waals surface area (Å²) in [6, 6.07) is -11.0. The van der Waals surface area contributed by atoms with Crippen LogP contribution in [0.2, 0.25) is 0 Å². The van der Waals surface area contributed by atoms with Gasteiger partial charge in [0.25, 0.3) is 0 Å². The topological polar surface area (TPSA) is 405 Å². The maximum Gasteiger partial charge on any atom is 0.326 e. The fourth-order valence-corrected chi connectivity index (χ4v) is 4.92. The first-order chi connectivity index (χ1) is 25.1. The van der Waals surface area contributed by atoms with Crippen molar-refractivity contribution in [3.05, 3.63) is 0 Å². The third-order valence-electron chi connectivity index (χ3n) is 7.82. The van der Waals surface area contributed by atoms with Gasteiger partial charge in [-0.2, -0.15) is 0 Å². The highest BCUT2D eigenvalue weighted by Crippen LogP contribution is 2.08. The molecule has 0 aromatic heterocycles. The minimum Gasteiger partial charge on any atom is -0.481 e. The van der Waals surface area contributed by atoms with Gasteiger partial charge in [-0.1, -0.05) is 0 Å². The van der Waals surface area contributed by atoms with E-state index in [9.17, 15) is 68.1 Å². The van der Waals surface area contributed by atoms with Crippen LogP contribution in [0.3, 0.4) is 0 Å². The van der Waals surface area contributed by atoms with E-state index in [1.54, 1.807) is 5.32 Å². The summed E-state index contributed by atoms with van der Waals surface area (Å²) in [5.74, 6) is -13.1. The lowest BCUT2D eigenvalue weighted by molar-refractivity contribution is -0.148. The Morgan fingerprint density at radius 2 is 1.09 bits per heavy atom. The summed E-state index contributed by atoms with van der Waals surface area (Å²) >= 11 is 0. The van der Waals surface area contributed by atoms with E-state index in [2.05, 4.69) is 26.6 Å². The summed E-state index contributed by atoms with van der Waals surface area (Å²) in [6.07, 6.45) is -4.15. The molecule has 0 spiro atoms. The third kappa shape index (κ3) is 16.6. The van der Waals surface area contributed by atoms with Crippen LogP contribution in [0.25, 0.3) is 0 Å². The Hall–Kier alpha value is -5.91.